The van der Waals surface area contributed by atoms with Crippen molar-refractivity contribution in [3.8, 4) is 0 Å². The molecule has 0 spiro atoms. The molecule has 94 valence electrons. The Morgan fingerprint density at radius 3 is 2.88 bits per heavy atom. The van der Waals surface area contributed by atoms with Gasteiger partial charge in [-0.1, -0.05) is 6.92 Å². The zero-order valence-electron chi connectivity index (χ0n) is 9.51. The zero-order chi connectivity index (χ0) is 12.7. The smallest absolute Gasteiger partial charge is 0.323 e. The molecule has 3 N–H and O–H groups in total. The van der Waals surface area contributed by atoms with E-state index >= 15 is 0 Å². The number of carbonyl (C=O) groups excluding carboxylic acids is 1. The van der Waals surface area contributed by atoms with Crippen LogP contribution in [0.1, 0.15) is 19.2 Å². The van der Waals surface area contributed by atoms with E-state index in [1.165, 1.54) is 6.33 Å². The molecule has 0 fully saturated rings. The van der Waals surface area contributed by atoms with Crippen LogP contribution in [-0.4, -0.2) is 38.4 Å². The lowest BCUT2D eigenvalue weighted by Gasteiger charge is -2.06. The van der Waals surface area contributed by atoms with E-state index in [2.05, 4.69) is 20.7 Å². The third-order valence-corrected chi connectivity index (χ3v) is 1.94. The number of nitrogens with one attached hydrogen (secondary N) is 2. The average molecular weight is 241 g/mol. The Balaban J connectivity index is 2.36. The number of hydrogen-bond donors (Lipinski definition) is 3. The molecule has 1 rings (SSSR count). The standard InChI is InChI=1S/C9H15N5O3/c1-2-3-14-7(12-6-13-14)4-10-9(17)11-5-8(15)16/h6H,2-5H2,1H3,(H,15,16)(H2,10,11,17). The largest absolute Gasteiger partial charge is 0.480 e. The van der Waals surface area contributed by atoms with Gasteiger partial charge in [-0.2, -0.15) is 5.10 Å². The van der Waals surface area contributed by atoms with Crippen LogP contribution in [0.5, 0.6) is 0 Å². The molecule has 0 aliphatic heterocycles. The molecule has 0 unspecified atom stereocenters. The number of urea groups is 1. The molecule has 8 nitrogen and oxygen atoms in total. The number of rotatable bonds is 6. The highest BCUT2D eigenvalue weighted by Gasteiger charge is 2.06. The van der Waals surface area contributed by atoms with Crippen LogP contribution in [-0.2, 0) is 17.9 Å². The lowest BCUT2D eigenvalue weighted by atomic mass is 10.4. The summed E-state index contributed by atoms with van der Waals surface area (Å²) in [4.78, 5) is 25.4. The van der Waals surface area contributed by atoms with Crippen LogP contribution >= 0.6 is 0 Å². The Morgan fingerprint density at radius 1 is 1.47 bits per heavy atom. The number of carboxylic acids is 1. The average Bonchev–Trinajstić information content (AvgIpc) is 2.71. The number of carboxylic acid groups (broad SMARTS) is 1. The van der Waals surface area contributed by atoms with Crippen molar-refractivity contribution in [3.05, 3.63) is 12.2 Å². The number of aliphatic carboxylic acids is 1. The van der Waals surface area contributed by atoms with Gasteiger partial charge in [0.1, 0.15) is 18.7 Å². The molecule has 0 bridgehead atoms. The second-order valence-corrected chi connectivity index (χ2v) is 3.33. The third-order valence-electron chi connectivity index (χ3n) is 1.94. The number of hydrogen-bond acceptors (Lipinski definition) is 4. The first-order valence-electron chi connectivity index (χ1n) is 5.23. The number of aryl methyl sites for hydroxylation is 1. The first-order valence-corrected chi connectivity index (χ1v) is 5.23. The van der Waals surface area contributed by atoms with E-state index in [0.29, 0.717) is 5.82 Å². The first kappa shape index (κ1) is 12.9. The van der Waals surface area contributed by atoms with Gasteiger partial charge in [-0.3, -0.25) is 4.79 Å². The van der Waals surface area contributed by atoms with Crippen LogP contribution in [0.3, 0.4) is 0 Å². The van der Waals surface area contributed by atoms with Gasteiger partial charge < -0.3 is 15.7 Å². The summed E-state index contributed by atoms with van der Waals surface area (Å²) in [5.74, 6) is -0.452. The number of aromatic nitrogens is 3. The maximum atomic E-state index is 11.2. The molecule has 2 amide bonds. The molecule has 0 aliphatic rings. The third kappa shape index (κ3) is 4.49. The zero-order valence-corrected chi connectivity index (χ0v) is 9.51. The molecule has 1 aromatic heterocycles. The SMILES string of the molecule is CCCn1ncnc1CNC(=O)NCC(=O)O. The summed E-state index contributed by atoms with van der Waals surface area (Å²) in [5, 5.41) is 17.0. The van der Waals surface area contributed by atoms with E-state index in [9.17, 15) is 9.59 Å². The van der Waals surface area contributed by atoms with E-state index in [0.717, 1.165) is 13.0 Å². The highest BCUT2D eigenvalue weighted by Crippen LogP contribution is 1.95. The van der Waals surface area contributed by atoms with Gasteiger partial charge in [0.2, 0.25) is 0 Å². The Kier molecular flexibility index (Phi) is 4.92. The maximum Gasteiger partial charge on any atom is 0.323 e. The van der Waals surface area contributed by atoms with Crippen molar-refractivity contribution in [1.29, 1.82) is 0 Å². The summed E-state index contributed by atoms with van der Waals surface area (Å²) in [6, 6.07) is -0.543. The molecule has 1 heterocycles. The van der Waals surface area contributed by atoms with Crippen molar-refractivity contribution >= 4 is 12.0 Å². The van der Waals surface area contributed by atoms with Gasteiger partial charge in [-0.05, 0) is 6.42 Å². The monoisotopic (exact) mass is 241 g/mol. The molecule has 0 radical (unpaired) electrons. The Labute approximate surface area is 98.0 Å². The summed E-state index contributed by atoms with van der Waals surface area (Å²) in [5.41, 5.74) is 0. The molecule has 8 heteroatoms. The van der Waals surface area contributed by atoms with Crippen LogP contribution < -0.4 is 10.6 Å². The lowest BCUT2D eigenvalue weighted by molar-refractivity contribution is -0.135. The van der Waals surface area contributed by atoms with Crippen molar-refractivity contribution in [2.45, 2.75) is 26.4 Å². The minimum Gasteiger partial charge on any atom is -0.480 e. The molecule has 0 aliphatic carbocycles. The summed E-state index contributed by atoms with van der Waals surface area (Å²) < 4.78 is 1.69. The van der Waals surface area contributed by atoms with Crippen molar-refractivity contribution in [2.24, 2.45) is 0 Å². The van der Waals surface area contributed by atoms with Crippen LogP contribution in [0.15, 0.2) is 6.33 Å². The summed E-state index contributed by atoms with van der Waals surface area (Å²) in [7, 11) is 0. The predicted octanol–water partition coefficient (Wildman–Crippen LogP) is -0.428. The molecular weight excluding hydrogens is 226 g/mol. The summed E-state index contributed by atoms with van der Waals surface area (Å²) in [6.45, 7) is 2.55. The molecule has 0 aromatic carbocycles. The number of nitrogens with zero attached hydrogens (tertiary/aromatic N) is 3. The lowest BCUT2D eigenvalue weighted by Crippen LogP contribution is -2.38. The van der Waals surface area contributed by atoms with E-state index in [-0.39, 0.29) is 6.54 Å². The predicted molar refractivity (Wildman–Crippen MR) is 58.2 cm³/mol. The van der Waals surface area contributed by atoms with E-state index in [1.807, 2.05) is 6.92 Å². The first-order chi connectivity index (χ1) is 8.13. The highest BCUT2D eigenvalue weighted by molar-refractivity contribution is 5.79. The van der Waals surface area contributed by atoms with Crippen molar-refractivity contribution in [3.63, 3.8) is 0 Å². The van der Waals surface area contributed by atoms with Crippen LogP contribution in [0, 0.1) is 0 Å². The van der Waals surface area contributed by atoms with Gasteiger partial charge >= 0.3 is 12.0 Å². The quantitative estimate of drug-likeness (QED) is 0.626. The summed E-state index contributed by atoms with van der Waals surface area (Å²) >= 11 is 0. The van der Waals surface area contributed by atoms with Gasteiger partial charge in [0.25, 0.3) is 0 Å². The van der Waals surface area contributed by atoms with Gasteiger partial charge in [-0.25, -0.2) is 14.5 Å². The maximum absolute atomic E-state index is 11.2. The van der Waals surface area contributed by atoms with Gasteiger partial charge in [0, 0.05) is 6.54 Å². The fraction of sp³-hybridized carbons (Fsp3) is 0.556. The fourth-order valence-electron chi connectivity index (χ4n) is 1.20. The molecule has 1 aromatic rings. The highest BCUT2D eigenvalue weighted by atomic mass is 16.4. The second-order valence-electron chi connectivity index (χ2n) is 3.33. The second kappa shape index (κ2) is 6.46. The summed E-state index contributed by atoms with van der Waals surface area (Å²) in [6.07, 6.45) is 2.34. The molecular formula is C9H15N5O3. The fourth-order valence-corrected chi connectivity index (χ4v) is 1.20. The van der Waals surface area contributed by atoms with E-state index < -0.39 is 18.5 Å². The van der Waals surface area contributed by atoms with Gasteiger partial charge in [0.05, 0.1) is 6.54 Å². The van der Waals surface area contributed by atoms with Crippen molar-refractivity contribution in [2.75, 3.05) is 6.54 Å². The molecule has 0 atom stereocenters. The van der Waals surface area contributed by atoms with Crippen molar-refractivity contribution in [1.82, 2.24) is 25.4 Å². The topological polar surface area (TPSA) is 109 Å². The van der Waals surface area contributed by atoms with E-state index in [4.69, 9.17) is 5.11 Å². The van der Waals surface area contributed by atoms with Crippen LogP contribution in [0.4, 0.5) is 4.79 Å². The number of amides is 2. The normalized spacial score (nSPS) is 9.94. The number of carbonyl (C=O) groups is 2. The minimum absolute atomic E-state index is 0.214. The van der Waals surface area contributed by atoms with E-state index in [1.54, 1.807) is 4.68 Å². The minimum atomic E-state index is -1.09. The molecule has 0 saturated carbocycles. The molecule has 0 saturated heterocycles. The Morgan fingerprint density at radius 2 is 2.24 bits per heavy atom. The van der Waals surface area contributed by atoms with Gasteiger partial charge in [0.15, 0.2) is 0 Å². The van der Waals surface area contributed by atoms with Crippen molar-refractivity contribution < 1.29 is 14.7 Å². The Bertz CT molecular complexity index is 390. The Hall–Kier alpha value is -2.12. The van der Waals surface area contributed by atoms with Crippen LogP contribution in [0.25, 0.3) is 0 Å². The van der Waals surface area contributed by atoms with Gasteiger partial charge in [-0.15, -0.1) is 0 Å². The van der Waals surface area contributed by atoms with Crippen LogP contribution in [0.2, 0.25) is 0 Å². The molecule has 17 heavy (non-hydrogen) atoms.